The summed E-state index contributed by atoms with van der Waals surface area (Å²) in [7, 11) is -4.06. The van der Waals surface area contributed by atoms with Crippen molar-refractivity contribution in [2.45, 2.75) is 45.3 Å². The van der Waals surface area contributed by atoms with Crippen LogP contribution in [0, 0.1) is 5.82 Å². The van der Waals surface area contributed by atoms with Crippen LogP contribution in [-0.4, -0.2) is 50.0 Å². The van der Waals surface area contributed by atoms with Gasteiger partial charge in [-0.15, -0.1) is 0 Å². The van der Waals surface area contributed by atoms with E-state index in [-0.39, 0.29) is 30.6 Å². The molecule has 0 fully saturated rings. The summed E-state index contributed by atoms with van der Waals surface area (Å²) in [5.74, 6) is -1.85. The zero-order valence-electron chi connectivity index (χ0n) is 22.2. The highest BCUT2D eigenvalue weighted by Crippen LogP contribution is 2.24. The van der Waals surface area contributed by atoms with Crippen molar-refractivity contribution in [3.63, 3.8) is 0 Å². The second-order valence-corrected chi connectivity index (χ2v) is 11.7. The molecule has 3 aromatic carbocycles. The lowest BCUT2D eigenvalue weighted by molar-refractivity contribution is -0.140. The zero-order chi connectivity index (χ0) is 28.6. The number of nitrogens with zero attached hydrogens (tertiary/aromatic N) is 2. The van der Waals surface area contributed by atoms with Crippen molar-refractivity contribution >= 4 is 39.1 Å². The van der Waals surface area contributed by atoms with Gasteiger partial charge in [0.15, 0.2) is 0 Å². The first-order valence-electron chi connectivity index (χ1n) is 12.6. The fourth-order valence-electron chi connectivity index (χ4n) is 4.05. The number of nitrogens with one attached hydrogen (secondary N) is 1. The van der Waals surface area contributed by atoms with Crippen LogP contribution in [0.2, 0.25) is 5.02 Å². The molecule has 3 aromatic rings. The zero-order valence-corrected chi connectivity index (χ0v) is 23.8. The van der Waals surface area contributed by atoms with E-state index < -0.39 is 34.3 Å². The van der Waals surface area contributed by atoms with Crippen LogP contribution in [0.25, 0.3) is 0 Å². The lowest BCUT2D eigenvalue weighted by Crippen LogP contribution is -2.54. The molecular weight excluding hydrogens is 541 g/mol. The van der Waals surface area contributed by atoms with Crippen molar-refractivity contribution in [2.24, 2.45) is 0 Å². The van der Waals surface area contributed by atoms with Gasteiger partial charge < -0.3 is 10.2 Å². The van der Waals surface area contributed by atoms with Crippen molar-refractivity contribution < 1.29 is 22.4 Å². The van der Waals surface area contributed by atoms with E-state index in [0.29, 0.717) is 17.0 Å². The summed E-state index contributed by atoms with van der Waals surface area (Å²) in [6.45, 7) is 3.04. The third kappa shape index (κ3) is 8.28. The third-order valence-electron chi connectivity index (χ3n) is 6.37. The number of amides is 2. The summed E-state index contributed by atoms with van der Waals surface area (Å²) in [5.41, 5.74) is 1.14. The fourth-order valence-corrected chi connectivity index (χ4v) is 5.10. The van der Waals surface area contributed by atoms with Gasteiger partial charge in [-0.05, 0) is 42.7 Å². The fraction of sp³-hybridized carbons (Fsp3) is 0.310. The summed E-state index contributed by atoms with van der Waals surface area (Å²) in [4.78, 5) is 28.9. The van der Waals surface area contributed by atoms with Crippen molar-refractivity contribution in [1.82, 2.24) is 10.2 Å². The molecule has 0 aliphatic heterocycles. The van der Waals surface area contributed by atoms with Gasteiger partial charge in [-0.25, -0.2) is 12.8 Å². The van der Waals surface area contributed by atoms with Crippen molar-refractivity contribution in [2.75, 3.05) is 17.1 Å². The SMILES string of the molecule is CC[C@@H](C)NC(=O)[C@@H](Cc1ccccc1)N(Cc1ccccc1Cl)C(=O)CN(c1ccccc1F)S(C)(=O)=O. The lowest BCUT2D eigenvalue weighted by Gasteiger charge is -2.34. The van der Waals surface area contributed by atoms with Gasteiger partial charge in [-0.1, -0.05) is 79.2 Å². The Morgan fingerprint density at radius 2 is 1.59 bits per heavy atom. The van der Waals surface area contributed by atoms with Crippen LogP contribution < -0.4 is 9.62 Å². The molecule has 10 heteroatoms. The molecule has 0 radical (unpaired) electrons. The van der Waals surface area contributed by atoms with Gasteiger partial charge in [-0.2, -0.15) is 0 Å². The first kappa shape index (κ1) is 30.1. The molecule has 0 spiro atoms. The molecule has 0 aromatic heterocycles. The van der Waals surface area contributed by atoms with Crippen LogP contribution in [0.4, 0.5) is 10.1 Å². The van der Waals surface area contributed by atoms with Crippen LogP contribution in [0.3, 0.4) is 0 Å². The van der Waals surface area contributed by atoms with E-state index in [0.717, 1.165) is 22.2 Å². The van der Waals surface area contributed by atoms with E-state index in [2.05, 4.69) is 5.32 Å². The van der Waals surface area contributed by atoms with Crippen molar-refractivity contribution in [3.8, 4) is 0 Å². The topological polar surface area (TPSA) is 86.8 Å². The molecule has 2 amide bonds. The smallest absolute Gasteiger partial charge is 0.244 e. The number of carbonyl (C=O) groups is 2. The number of carbonyl (C=O) groups excluding carboxylic acids is 2. The van der Waals surface area contributed by atoms with Crippen LogP contribution in [0.15, 0.2) is 78.9 Å². The Morgan fingerprint density at radius 3 is 2.21 bits per heavy atom. The first-order valence-corrected chi connectivity index (χ1v) is 14.8. The average molecular weight is 574 g/mol. The van der Waals surface area contributed by atoms with Crippen molar-refractivity contribution in [3.05, 3.63) is 101 Å². The summed E-state index contributed by atoms with van der Waals surface area (Å²) in [5, 5.41) is 3.35. The number of rotatable bonds is 12. The predicted octanol–water partition coefficient (Wildman–Crippen LogP) is 4.80. The minimum absolute atomic E-state index is 0.0567. The highest BCUT2D eigenvalue weighted by Gasteiger charge is 2.34. The molecule has 0 aliphatic carbocycles. The summed E-state index contributed by atoms with van der Waals surface area (Å²) in [6.07, 6.45) is 1.76. The van der Waals surface area contributed by atoms with Gasteiger partial charge in [0.25, 0.3) is 0 Å². The molecular formula is C29H33ClFN3O4S. The Kier molecular flexibility index (Phi) is 10.5. The van der Waals surface area contributed by atoms with Gasteiger partial charge in [-0.3, -0.25) is 13.9 Å². The molecule has 1 N–H and O–H groups in total. The monoisotopic (exact) mass is 573 g/mol. The van der Waals surface area contributed by atoms with E-state index >= 15 is 0 Å². The highest BCUT2D eigenvalue weighted by molar-refractivity contribution is 7.92. The number of para-hydroxylation sites is 1. The molecule has 0 heterocycles. The molecule has 0 saturated carbocycles. The maximum atomic E-state index is 14.7. The number of hydrogen-bond donors (Lipinski definition) is 1. The highest BCUT2D eigenvalue weighted by atomic mass is 35.5. The normalized spacial score (nSPS) is 12.8. The Labute approximate surface area is 234 Å². The molecule has 0 aliphatic rings. The van der Waals surface area contributed by atoms with Crippen LogP contribution in [0.5, 0.6) is 0 Å². The molecule has 3 rings (SSSR count). The van der Waals surface area contributed by atoms with Crippen molar-refractivity contribution in [1.29, 1.82) is 0 Å². The number of halogens is 2. The number of anilines is 1. The summed E-state index contributed by atoms with van der Waals surface area (Å²) in [6, 6.07) is 20.3. The maximum Gasteiger partial charge on any atom is 0.244 e. The van der Waals surface area contributed by atoms with E-state index in [4.69, 9.17) is 11.6 Å². The van der Waals surface area contributed by atoms with Gasteiger partial charge in [0.1, 0.15) is 18.4 Å². The lowest BCUT2D eigenvalue weighted by atomic mass is 10.0. The Hall–Kier alpha value is -3.43. The minimum atomic E-state index is -4.06. The van der Waals surface area contributed by atoms with Crippen LogP contribution >= 0.6 is 11.6 Å². The standard InChI is InChI=1S/C29H33ClFN3O4S/c1-4-21(2)32-29(36)27(18-22-12-6-5-7-13-22)33(19-23-14-8-9-15-24(23)30)28(35)20-34(39(3,37)38)26-17-11-10-16-25(26)31/h5-17,21,27H,4,18-20H2,1-3H3,(H,32,36)/t21-,27-/m1/s1. The van der Waals surface area contributed by atoms with E-state index in [1.54, 1.807) is 24.3 Å². The van der Waals surface area contributed by atoms with Crippen LogP contribution in [0.1, 0.15) is 31.4 Å². The van der Waals surface area contributed by atoms with Gasteiger partial charge in [0.05, 0.1) is 11.9 Å². The second-order valence-electron chi connectivity index (χ2n) is 9.36. The van der Waals surface area contributed by atoms with Gasteiger partial charge >= 0.3 is 0 Å². The van der Waals surface area contributed by atoms with E-state index in [1.807, 2.05) is 44.2 Å². The minimum Gasteiger partial charge on any atom is -0.352 e. The molecule has 39 heavy (non-hydrogen) atoms. The predicted molar refractivity (Wildman–Crippen MR) is 152 cm³/mol. The molecule has 0 saturated heterocycles. The largest absolute Gasteiger partial charge is 0.352 e. The first-order chi connectivity index (χ1) is 18.5. The van der Waals surface area contributed by atoms with Gasteiger partial charge in [0, 0.05) is 24.0 Å². The maximum absolute atomic E-state index is 14.7. The molecule has 0 bridgehead atoms. The van der Waals surface area contributed by atoms with E-state index in [1.165, 1.54) is 23.1 Å². The second kappa shape index (κ2) is 13.6. The molecule has 7 nitrogen and oxygen atoms in total. The summed E-state index contributed by atoms with van der Waals surface area (Å²) < 4.78 is 40.8. The van der Waals surface area contributed by atoms with Gasteiger partial charge in [0.2, 0.25) is 21.8 Å². The molecule has 208 valence electrons. The Bertz CT molecular complexity index is 1390. The quantitative estimate of drug-likeness (QED) is 0.337. The van der Waals surface area contributed by atoms with E-state index in [9.17, 15) is 22.4 Å². The average Bonchev–Trinajstić information content (AvgIpc) is 2.90. The Morgan fingerprint density at radius 1 is 0.974 bits per heavy atom. The number of hydrogen-bond acceptors (Lipinski definition) is 4. The number of benzene rings is 3. The molecule has 0 unspecified atom stereocenters. The molecule has 2 atom stereocenters. The summed E-state index contributed by atoms with van der Waals surface area (Å²) >= 11 is 6.42. The van der Waals surface area contributed by atoms with Crippen LogP contribution in [-0.2, 0) is 32.6 Å². The Balaban J connectivity index is 2.08. The number of sulfonamides is 1. The third-order valence-corrected chi connectivity index (χ3v) is 7.87.